The molecule has 0 bridgehead atoms. The molecule has 4 rings (SSSR count). The summed E-state index contributed by atoms with van der Waals surface area (Å²) in [5.74, 6) is -0.237. The second-order valence-electron chi connectivity index (χ2n) is 7.47. The number of thiocarbonyl (C=S) groups is 1. The van der Waals surface area contributed by atoms with Crippen LogP contribution in [-0.4, -0.2) is 33.4 Å². The molecule has 2 amide bonds. The van der Waals surface area contributed by atoms with E-state index in [4.69, 9.17) is 12.2 Å². The van der Waals surface area contributed by atoms with Crippen LogP contribution >= 0.6 is 46.7 Å². The van der Waals surface area contributed by atoms with Crippen LogP contribution in [0.1, 0.15) is 58.3 Å². The number of hydrogen-bond acceptors (Lipinski definition) is 7. The standard InChI is InChI=1S/C22H22N2O3S4/c1-13(25)19-15-7-2-3-8-16(15)30-20(19)23-18(26)9-4-10-24-21(27)17(31-22(24)28)12-14-6-5-11-29-14/h5-6,11-12H,2-4,7-10H2,1H3,(H,23,26)/b17-12+. The van der Waals surface area contributed by atoms with Crippen molar-refractivity contribution in [3.05, 3.63) is 43.3 Å². The Kier molecular flexibility index (Phi) is 7.05. The van der Waals surface area contributed by atoms with Crippen molar-refractivity contribution < 1.29 is 14.4 Å². The number of Topliss-reactive ketones (excluding diaryl/α,β-unsaturated/α-hetero) is 1. The molecule has 5 nitrogen and oxygen atoms in total. The lowest BCUT2D eigenvalue weighted by atomic mass is 9.94. The molecule has 0 aromatic carbocycles. The predicted molar refractivity (Wildman–Crippen MR) is 133 cm³/mol. The molecule has 1 saturated heterocycles. The van der Waals surface area contributed by atoms with Gasteiger partial charge in [0.05, 0.1) is 10.5 Å². The Balaban J connectivity index is 1.34. The minimum Gasteiger partial charge on any atom is -0.317 e. The van der Waals surface area contributed by atoms with Crippen molar-refractivity contribution in [2.75, 3.05) is 11.9 Å². The van der Waals surface area contributed by atoms with Crippen molar-refractivity contribution in [1.82, 2.24) is 4.90 Å². The molecule has 2 aliphatic rings. The number of thiophene rings is 2. The molecule has 0 spiro atoms. The number of nitrogens with zero attached hydrogens (tertiary/aromatic N) is 1. The molecule has 3 heterocycles. The highest BCUT2D eigenvalue weighted by Gasteiger charge is 2.32. The van der Waals surface area contributed by atoms with Gasteiger partial charge in [-0.25, -0.2) is 0 Å². The van der Waals surface area contributed by atoms with Gasteiger partial charge in [0.25, 0.3) is 5.91 Å². The SMILES string of the molecule is CC(=O)c1c(NC(=O)CCCN2C(=O)/C(=C\c3cccs3)SC2=S)sc2c1CCCC2. The van der Waals surface area contributed by atoms with Gasteiger partial charge in [0.15, 0.2) is 5.78 Å². The summed E-state index contributed by atoms with van der Waals surface area (Å²) in [5, 5.41) is 5.58. The predicted octanol–water partition coefficient (Wildman–Crippen LogP) is 5.51. The minimum atomic E-state index is -0.138. The van der Waals surface area contributed by atoms with Crippen molar-refractivity contribution in [3.8, 4) is 0 Å². The number of rotatable bonds is 7. The Hall–Kier alpha value is -1.81. The van der Waals surface area contributed by atoms with Crippen LogP contribution in [0.2, 0.25) is 0 Å². The van der Waals surface area contributed by atoms with Gasteiger partial charge in [-0.3, -0.25) is 19.3 Å². The first-order chi connectivity index (χ1) is 14.9. The number of amides is 2. The van der Waals surface area contributed by atoms with Gasteiger partial charge < -0.3 is 5.32 Å². The number of hydrogen-bond donors (Lipinski definition) is 1. The van der Waals surface area contributed by atoms with Gasteiger partial charge in [0.1, 0.15) is 9.32 Å². The summed E-state index contributed by atoms with van der Waals surface area (Å²) in [6.45, 7) is 1.96. The summed E-state index contributed by atoms with van der Waals surface area (Å²) in [5.41, 5.74) is 1.80. The average molecular weight is 491 g/mol. The van der Waals surface area contributed by atoms with Gasteiger partial charge in [-0.1, -0.05) is 30.0 Å². The van der Waals surface area contributed by atoms with E-state index < -0.39 is 0 Å². The average Bonchev–Trinajstić information content (AvgIpc) is 3.42. The Labute approximate surface area is 198 Å². The number of aryl methyl sites for hydroxylation is 1. The maximum Gasteiger partial charge on any atom is 0.266 e. The van der Waals surface area contributed by atoms with Crippen LogP contribution in [0.5, 0.6) is 0 Å². The van der Waals surface area contributed by atoms with Gasteiger partial charge in [-0.2, -0.15) is 0 Å². The third kappa shape index (κ3) is 5.00. The van der Waals surface area contributed by atoms with E-state index in [-0.39, 0.29) is 24.0 Å². The summed E-state index contributed by atoms with van der Waals surface area (Å²) in [4.78, 5) is 41.8. The monoisotopic (exact) mass is 490 g/mol. The molecule has 162 valence electrons. The molecule has 0 saturated carbocycles. The first-order valence-corrected chi connectivity index (χ1v) is 13.1. The van der Waals surface area contributed by atoms with Gasteiger partial charge in [0.2, 0.25) is 5.91 Å². The quantitative estimate of drug-likeness (QED) is 0.315. The van der Waals surface area contributed by atoms with E-state index in [1.807, 2.05) is 23.6 Å². The molecule has 9 heteroatoms. The largest absolute Gasteiger partial charge is 0.317 e. The lowest BCUT2D eigenvalue weighted by molar-refractivity contribution is -0.122. The molecule has 0 unspecified atom stereocenters. The first kappa shape index (κ1) is 22.4. The number of thioether (sulfide) groups is 1. The zero-order valence-electron chi connectivity index (χ0n) is 17.1. The zero-order valence-corrected chi connectivity index (χ0v) is 20.3. The smallest absolute Gasteiger partial charge is 0.266 e. The molecule has 0 radical (unpaired) electrons. The third-order valence-electron chi connectivity index (χ3n) is 5.25. The van der Waals surface area contributed by atoms with E-state index in [1.165, 1.54) is 28.0 Å². The summed E-state index contributed by atoms with van der Waals surface area (Å²) in [6.07, 6.45) is 6.73. The highest BCUT2D eigenvalue weighted by atomic mass is 32.2. The van der Waals surface area contributed by atoms with Gasteiger partial charge >= 0.3 is 0 Å². The third-order valence-corrected chi connectivity index (χ3v) is 8.66. The van der Waals surface area contributed by atoms with Crippen molar-refractivity contribution in [2.24, 2.45) is 0 Å². The maximum absolute atomic E-state index is 12.7. The molecule has 1 aliphatic carbocycles. The minimum absolute atomic E-state index is 0.00444. The maximum atomic E-state index is 12.7. The number of fused-ring (bicyclic) bond motifs is 1. The fourth-order valence-corrected chi connectivity index (χ4v) is 7.19. The van der Waals surface area contributed by atoms with Crippen molar-refractivity contribution >= 4 is 79.6 Å². The number of carbonyl (C=O) groups excluding carboxylic acids is 3. The number of carbonyl (C=O) groups is 3. The lowest BCUT2D eigenvalue weighted by Gasteiger charge is -2.14. The molecule has 2 aromatic heterocycles. The van der Waals surface area contributed by atoms with Crippen LogP contribution in [0, 0.1) is 0 Å². The van der Waals surface area contributed by atoms with Crippen LogP contribution in [0.3, 0.4) is 0 Å². The fourth-order valence-electron chi connectivity index (χ4n) is 3.81. The summed E-state index contributed by atoms with van der Waals surface area (Å²) in [6, 6.07) is 3.90. The summed E-state index contributed by atoms with van der Waals surface area (Å²) < 4.78 is 0.526. The molecule has 1 aliphatic heterocycles. The summed E-state index contributed by atoms with van der Waals surface area (Å²) >= 11 is 9.77. The highest BCUT2D eigenvalue weighted by molar-refractivity contribution is 8.26. The van der Waals surface area contributed by atoms with Crippen molar-refractivity contribution in [2.45, 2.75) is 45.4 Å². The Bertz CT molecular complexity index is 1070. The lowest BCUT2D eigenvalue weighted by Crippen LogP contribution is -2.29. The van der Waals surface area contributed by atoms with Gasteiger partial charge in [-0.15, -0.1) is 22.7 Å². The van der Waals surface area contributed by atoms with Gasteiger partial charge in [-0.05, 0) is 62.1 Å². The van der Waals surface area contributed by atoms with E-state index >= 15 is 0 Å². The Morgan fingerprint density at radius 1 is 1.29 bits per heavy atom. The van der Waals surface area contributed by atoms with E-state index in [0.29, 0.717) is 32.8 Å². The molecule has 0 atom stereocenters. The van der Waals surface area contributed by atoms with Crippen LogP contribution in [0.4, 0.5) is 5.00 Å². The van der Waals surface area contributed by atoms with Crippen molar-refractivity contribution in [1.29, 1.82) is 0 Å². The topological polar surface area (TPSA) is 66.5 Å². The first-order valence-electron chi connectivity index (χ1n) is 10.2. The second-order valence-corrected chi connectivity index (χ2v) is 11.2. The van der Waals surface area contributed by atoms with Crippen LogP contribution in [-0.2, 0) is 22.4 Å². The van der Waals surface area contributed by atoms with Crippen molar-refractivity contribution in [3.63, 3.8) is 0 Å². The Morgan fingerprint density at radius 3 is 2.84 bits per heavy atom. The fraction of sp³-hybridized carbons (Fsp3) is 0.364. The van der Waals surface area contributed by atoms with Crippen LogP contribution in [0.15, 0.2) is 22.4 Å². The normalized spacial score (nSPS) is 17.3. The molecular formula is C22H22N2O3S4. The number of ketones is 1. The molecule has 31 heavy (non-hydrogen) atoms. The zero-order chi connectivity index (χ0) is 22.0. The summed E-state index contributed by atoms with van der Waals surface area (Å²) in [7, 11) is 0. The van der Waals surface area contributed by atoms with E-state index in [0.717, 1.165) is 36.1 Å². The molecular weight excluding hydrogens is 469 g/mol. The van der Waals surface area contributed by atoms with Crippen LogP contribution in [0.25, 0.3) is 6.08 Å². The Morgan fingerprint density at radius 2 is 2.10 bits per heavy atom. The van der Waals surface area contributed by atoms with E-state index in [1.54, 1.807) is 23.2 Å². The molecule has 1 N–H and O–H groups in total. The number of anilines is 1. The second kappa shape index (κ2) is 9.77. The number of nitrogens with one attached hydrogen (secondary N) is 1. The molecule has 2 aromatic rings. The van der Waals surface area contributed by atoms with Gasteiger partial charge in [0, 0.05) is 22.7 Å². The van der Waals surface area contributed by atoms with E-state index in [9.17, 15) is 14.4 Å². The van der Waals surface area contributed by atoms with Crippen LogP contribution < -0.4 is 5.32 Å². The molecule has 1 fully saturated rings. The highest BCUT2D eigenvalue weighted by Crippen LogP contribution is 2.38. The van der Waals surface area contributed by atoms with E-state index in [2.05, 4.69) is 5.32 Å².